The Hall–Kier alpha value is -1.14. The second-order valence-electron chi connectivity index (χ2n) is 3.46. The molecule has 0 fully saturated rings. The summed E-state index contributed by atoms with van der Waals surface area (Å²) >= 11 is 2.90. The average Bonchev–Trinajstić information content (AvgIpc) is 2.78. The first kappa shape index (κ1) is 12.3. The topological polar surface area (TPSA) is 51.8 Å². The van der Waals surface area contributed by atoms with E-state index in [1.807, 2.05) is 6.92 Å². The number of aromatic nitrogens is 2. The number of nitrogens with zero attached hydrogens (tertiary/aromatic N) is 2. The van der Waals surface area contributed by atoms with Crippen LogP contribution in [-0.2, 0) is 12.2 Å². The summed E-state index contributed by atoms with van der Waals surface area (Å²) in [5, 5.41) is 0. The van der Waals surface area contributed by atoms with Gasteiger partial charge >= 0.3 is 0 Å². The molecule has 0 unspecified atom stereocenters. The van der Waals surface area contributed by atoms with Gasteiger partial charge in [-0.15, -0.1) is 0 Å². The summed E-state index contributed by atoms with van der Waals surface area (Å²) in [7, 11) is 0. The molecule has 0 amide bonds. The van der Waals surface area contributed by atoms with Crippen molar-refractivity contribution < 1.29 is 4.39 Å². The first-order valence-corrected chi connectivity index (χ1v) is 6.94. The molecule has 1 heterocycles. The van der Waals surface area contributed by atoms with E-state index in [0.29, 0.717) is 11.4 Å². The van der Waals surface area contributed by atoms with E-state index >= 15 is 0 Å². The quantitative estimate of drug-likeness (QED) is 0.684. The number of rotatable bonds is 4. The van der Waals surface area contributed by atoms with Gasteiger partial charge in [0, 0.05) is 17.9 Å². The van der Waals surface area contributed by atoms with E-state index in [-0.39, 0.29) is 5.82 Å². The zero-order chi connectivity index (χ0) is 12.3. The molecule has 1 aromatic heterocycles. The van der Waals surface area contributed by atoms with Crippen LogP contribution < -0.4 is 5.73 Å². The van der Waals surface area contributed by atoms with Crippen molar-refractivity contribution in [3.05, 3.63) is 35.4 Å². The van der Waals surface area contributed by atoms with Gasteiger partial charge in [-0.1, -0.05) is 18.7 Å². The van der Waals surface area contributed by atoms with Gasteiger partial charge in [0.1, 0.15) is 11.6 Å². The number of halogens is 1. The molecule has 0 spiro atoms. The molecule has 0 atom stereocenters. The van der Waals surface area contributed by atoms with Crippen molar-refractivity contribution >= 4 is 29.0 Å². The number of thioether (sulfide) groups is 1. The third-order valence-electron chi connectivity index (χ3n) is 2.22. The number of nitrogen functional groups attached to an aromatic ring is 1. The number of hydrogen-bond acceptors (Lipinski definition) is 5. The van der Waals surface area contributed by atoms with Crippen LogP contribution in [0.15, 0.2) is 22.5 Å². The molecule has 0 aliphatic heterocycles. The molecule has 3 nitrogen and oxygen atoms in total. The highest BCUT2D eigenvalue weighted by Gasteiger charge is 2.06. The van der Waals surface area contributed by atoms with Crippen LogP contribution in [0.25, 0.3) is 0 Å². The van der Waals surface area contributed by atoms with E-state index < -0.39 is 0 Å². The van der Waals surface area contributed by atoms with Gasteiger partial charge in [0.25, 0.3) is 0 Å². The maximum Gasteiger partial charge on any atom is 0.170 e. The molecular weight excluding hydrogens is 257 g/mol. The Kier molecular flexibility index (Phi) is 3.96. The molecule has 2 aromatic rings. The van der Waals surface area contributed by atoms with Gasteiger partial charge in [-0.25, -0.2) is 9.37 Å². The SMILES string of the molecule is CCc1nsc(SCc2cc(F)ccc2N)n1. The Morgan fingerprint density at radius 1 is 1.47 bits per heavy atom. The van der Waals surface area contributed by atoms with Crippen LogP contribution in [0.1, 0.15) is 18.3 Å². The molecule has 2 rings (SSSR count). The largest absolute Gasteiger partial charge is 0.398 e. The number of nitrogens with two attached hydrogens (primary N) is 1. The Balaban J connectivity index is 2.04. The van der Waals surface area contributed by atoms with Crippen molar-refractivity contribution in [2.24, 2.45) is 0 Å². The number of anilines is 1. The van der Waals surface area contributed by atoms with Gasteiger partial charge in [-0.3, -0.25) is 0 Å². The van der Waals surface area contributed by atoms with Crippen molar-refractivity contribution in [3.63, 3.8) is 0 Å². The molecule has 0 radical (unpaired) electrons. The summed E-state index contributed by atoms with van der Waals surface area (Å²) < 4.78 is 18.1. The minimum absolute atomic E-state index is 0.263. The molecule has 0 aliphatic carbocycles. The average molecular weight is 269 g/mol. The van der Waals surface area contributed by atoms with Gasteiger partial charge < -0.3 is 5.73 Å². The lowest BCUT2D eigenvalue weighted by Gasteiger charge is -2.03. The van der Waals surface area contributed by atoms with Crippen LogP contribution in [0, 0.1) is 5.82 Å². The predicted octanol–water partition coefficient (Wildman–Crippen LogP) is 3.11. The fraction of sp³-hybridized carbons (Fsp3) is 0.273. The lowest BCUT2D eigenvalue weighted by molar-refractivity contribution is 0.627. The molecule has 6 heteroatoms. The summed E-state index contributed by atoms with van der Waals surface area (Å²) in [6.07, 6.45) is 0.833. The lowest BCUT2D eigenvalue weighted by Crippen LogP contribution is -1.93. The van der Waals surface area contributed by atoms with E-state index in [1.165, 1.54) is 35.4 Å². The normalized spacial score (nSPS) is 10.7. The fourth-order valence-electron chi connectivity index (χ4n) is 1.28. The highest BCUT2D eigenvalue weighted by atomic mass is 32.2. The zero-order valence-corrected chi connectivity index (χ0v) is 10.9. The molecular formula is C11H12FN3S2. The van der Waals surface area contributed by atoms with Crippen LogP contribution in [0.5, 0.6) is 0 Å². The summed E-state index contributed by atoms with van der Waals surface area (Å²) in [4.78, 5) is 4.33. The van der Waals surface area contributed by atoms with E-state index in [4.69, 9.17) is 5.73 Å². The Morgan fingerprint density at radius 2 is 2.29 bits per heavy atom. The molecule has 2 N–H and O–H groups in total. The maximum absolute atomic E-state index is 13.0. The first-order chi connectivity index (χ1) is 8.19. The van der Waals surface area contributed by atoms with Crippen LogP contribution in [0.3, 0.4) is 0 Å². The molecule has 0 saturated heterocycles. The summed E-state index contributed by atoms with van der Waals surface area (Å²) in [6.45, 7) is 2.01. The molecule has 90 valence electrons. The highest BCUT2D eigenvalue weighted by molar-refractivity contribution is 8.00. The van der Waals surface area contributed by atoms with Gasteiger partial charge in [0.15, 0.2) is 4.34 Å². The van der Waals surface area contributed by atoms with E-state index in [0.717, 1.165) is 22.1 Å². The minimum Gasteiger partial charge on any atom is -0.398 e. The van der Waals surface area contributed by atoms with Crippen LogP contribution in [0.4, 0.5) is 10.1 Å². The Labute approximate surface area is 107 Å². The molecule has 0 saturated carbocycles. The van der Waals surface area contributed by atoms with E-state index in [9.17, 15) is 4.39 Å². The Bertz CT molecular complexity index is 513. The smallest absolute Gasteiger partial charge is 0.170 e. The summed E-state index contributed by atoms with van der Waals surface area (Å²) in [6, 6.07) is 4.41. The van der Waals surface area contributed by atoms with Crippen molar-refractivity contribution in [1.29, 1.82) is 0 Å². The van der Waals surface area contributed by atoms with Crippen molar-refractivity contribution in [2.75, 3.05) is 5.73 Å². The summed E-state index contributed by atoms with van der Waals surface area (Å²) in [5.74, 6) is 1.20. The summed E-state index contributed by atoms with van der Waals surface area (Å²) in [5.41, 5.74) is 7.18. The van der Waals surface area contributed by atoms with Gasteiger partial charge in [-0.05, 0) is 35.3 Å². The number of aryl methyl sites for hydroxylation is 1. The molecule has 0 bridgehead atoms. The Morgan fingerprint density at radius 3 is 3.00 bits per heavy atom. The van der Waals surface area contributed by atoms with Gasteiger partial charge in [0.05, 0.1) is 0 Å². The van der Waals surface area contributed by atoms with Crippen molar-refractivity contribution in [2.45, 2.75) is 23.4 Å². The second-order valence-corrected chi connectivity index (χ2v) is 5.44. The lowest BCUT2D eigenvalue weighted by atomic mass is 10.2. The highest BCUT2D eigenvalue weighted by Crippen LogP contribution is 2.27. The van der Waals surface area contributed by atoms with E-state index in [2.05, 4.69) is 9.36 Å². The first-order valence-electron chi connectivity index (χ1n) is 5.18. The third-order valence-corrected chi connectivity index (χ3v) is 4.14. The van der Waals surface area contributed by atoms with Crippen LogP contribution in [-0.4, -0.2) is 9.36 Å². The van der Waals surface area contributed by atoms with Crippen molar-refractivity contribution in [1.82, 2.24) is 9.36 Å². The molecule has 0 aliphatic rings. The minimum atomic E-state index is -0.263. The van der Waals surface area contributed by atoms with Crippen LogP contribution in [0.2, 0.25) is 0 Å². The molecule has 1 aromatic carbocycles. The van der Waals surface area contributed by atoms with E-state index in [1.54, 1.807) is 6.07 Å². The van der Waals surface area contributed by atoms with Crippen molar-refractivity contribution in [3.8, 4) is 0 Å². The monoisotopic (exact) mass is 269 g/mol. The van der Waals surface area contributed by atoms with Crippen LogP contribution >= 0.6 is 23.3 Å². The molecule has 17 heavy (non-hydrogen) atoms. The van der Waals surface area contributed by atoms with Gasteiger partial charge in [0.2, 0.25) is 0 Å². The number of hydrogen-bond donors (Lipinski definition) is 1. The zero-order valence-electron chi connectivity index (χ0n) is 9.31. The second kappa shape index (κ2) is 5.46. The third kappa shape index (κ3) is 3.17. The maximum atomic E-state index is 13.0. The predicted molar refractivity (Wildman–Crippen MR) is 69.7 cm³/mol. The standard InChI is InChI=1S/C11H12FN3S2/c1-2-10-14-11(17-15-10)16-6-7-5-8(12)3-4-9(7)13/h3-5H,2,6,13H2,1H3. The fourth-order valence-corrected chi connectivity index (χ4v) is 2.98. The van der Waals surface area contributed by atoms with Gasteiger partial charge in [-0.2, -0.15) is 4.37 Å². The number of benzene rings is 1.